The van der Waals surface area contributed by atoms with Crippen LogP contribution in [0.2, 0.25) is 0 Å². The van der Waals surface area contributed by atoms with Crippen molar-refractivity contribution in [2.45, 2.75) is 49.7 Å². The molecular weight excluding hydrogens is 422 g/mol. The Morgan fingerprint density at radius 3 is 1.90 bits per heavy atom. The molecule has 2 aromatic rings. The van der Waals surface area contributed by atoms with Crippen molar-refractivity contribution in [3.05, 3.63) is 54.6 Å². The summed E-state index contributed by atoms with van der Waals surface area (Å²) in [6.07, 6.45) is 2.57. The van der Waals surface area contributed by atoms with Gasteiger partial charge in [0.25, 0.3) is 10.0 Å². The number of hydrogen-bond acceptors (Lipinski definition) is 5. The van der Waals surface area contributed by atoms with Crippen molar-refractivity contribution in [3.63, 3.8) is 0 Å². The van der Waals surface area contributed by atoms with E-state index in [1.165, 1.54) is 0 Å². The van der Waals surface area contributed by atoms with E-state index in [9.17, 15) is 16.8 Å². The van der Waals surface area contributed by atoms with Crippen molar-refractivity contribution in [1.82, 2.24) is 4.72 Å². The van der Waals surface area contributed by atoms with Gasteiger partial charge in [0.1, 0.15) is 0 Å². The van der Waals surface area contributed by atoms with E-state index in [1.54, 1.807) is 63.2 Å². The van der Waals surface area contributed by atoms with Crippen LogP contribution in [0.1, 0.15) is 40.0 Å². The van der Waals surface area contributed by atoms with Crippen LogP contribution >= 0.6 is 0 Å². The highest BCUT2D eigenvalue weighted by molar-refractivity contribution is 7.92. The Kier molecular flexibility index (Phi) is 8.28. The maximum absolute atomic E-state index is 12.3. The number of hydrogen-bond donors (Lipinski definition) is 3. The molecule has 0 aromatic heterocycles. The maximum atomic E-state index is 12.3. The molecule has 0 aliphatic heterocycles. The molecule has 0 radical (unpaired) electrons. The Labute approximate surface area is 180 Å². The number of unbranched alkanes of at least 4 members (excludes halogenated alkanes) is 2. The van der Waals surface area contributed by atoms with Gasteiger partial charge in [-0.2, -0.15) is 0 Å². The molecule has 166 valence electrons. The fraction of sp³-hybridized carbons (Fsp3) is 0.429. The smallest absolute Gasteiger partial charge is 0.261 e. The predicted molar refractivity (Wildman–Crippen MR) is 123 cm³/mol. The van der Waals surface area contributed by atoms with Gasteiger partial charge in [-0.1, -0.05) is 24.6 Å². The Morgan fingerprint density at radius 2 is 1.30 bits per heavy atom. The number of rotatable bonds is 11. The molecule has 2 rings (SSSR count). The van der Waals surface area contributed by atoms with Crippen LogP contribution in [-0.2, 0) is 20.0 Å². The van der Waals surface area contributed by atoms with Gasteiger partial charge in [-0.25, -0.2) is 21.6 Å². The second-order valence-corrected chi connectivity index (χ2v) is 12.2. The summed E-state index contributed by atoms with van der Waals surface area (Å²) < 4.78 is 53.0. The zero-order chi connectivity index (χ0) is 22.3. The Bertz CT molecular complexity index is 998. The zero-order valence-electron chi connectivity index (χ0n) is 17.7. The molecule has 2 aromatic carbocycles. The first-order chi connectivity index (χ1) is 14.0. The molecule has 3 N–H and O–H groups in total. The first-order valence-electron chi connectivity index (χ1n) is 9.92. The van der Waals surface area contributed by atoms with Crippen molar-refractivity contribution in [2.24, 2.45) is 0 Å². The summed E-state index contributed by atoms with van der Waals surface area (Å²) in [6.45, 7) is 6.22. The monoisotopic (exact) mass is 453 g/mol. The third kappa shape index (κ3) is 7.30. The van der Waals surface area contributed by atoms with Crippen LogP contribution < -0.4 is 14.8 Å². The Hall–Kier alpha value is -2.10. The van der Waals surface area contributed by atoms with Gasteiger partial charge in [0.15, 0.2) is 0 Å². The predicted octanol–water partition coefficient (Wildman–Crippen LogP) is 3.79. The summed E-state index contributed by atoms with van der Waals surface area (Å²) in [6, 6.07) is 15.3. The summed E-state index contributed by atoms with van der Waals surface area (Å²) in [5.74, 6) is 0. The maximum Gasteiger partial charge on any atom is 0.261 e. The van der Waals surface area contributed by atoms with E-state index in [0.29, 0.717) is 12.2 Å². The molecule has 0 aliphatic rings. The summed E-state index contributed by atoms with van der Waals surface area (Å²) in [5.41, 5.74) is 1.39. The van der Waals surface area contributed by atoms with Gasteiger partial charge in [0.05, 0.1) is 9.64 Å². The second-order valence-electron chi connectivity index (χ2n) is 7.99. The second kappa shape index (κ2) is 10.3. The third-order valence-electron chi connectivity index (χ3n) is 4.47. The number of anilines is 2. The van der Waals surface area contributed by atoms with Crippen molar-refractivity contribution >= 4 is 31.4 Å². The zero-order valence-corrected chi connectivity index (χ0v) is 19.3. The Balaban J connectivity index is 1.70. The average molecular weight is 454 g/mol. The average Bonchev–Trinajstić information content (AvgIpc) is 2.68. The number of benzene rings is 2. The van der Waals surface area contributed by atoms with Gasteiger partial charge in [0.2, 0.25) is 10.0 Å². The molecule has 7 nitrogen and oxygen atoms in total. The van der Waals surface area contributed by atoms with Crippen LogP contribution in [0.4, 0.5) is 11.4 Å². The fourth-order valence-electron chi connectivity index (χ4n) is 2.55. The van der Waals surface area contributed by atoms with Crippen molar-refractivity contribution in [1.29, 1.82) is 0 Å². The lowest BCUT2D eigenvalue weighted by Gasteiger charge is -2.19. The van der Waals surface area contributed by atoms with Gasteiger partial charge in [-0.15, -0.1) is 0 Å². The summed E-state index contributed by atoms with van der Waals surface area (Å²) in [5, 5.41) is 3.28. The summed E-state index contributed by atoms with van der Waals surface area (Å²) in [7, 11) is -6.88. The van der Waals surface area contributed by atoms with E-state index in [0.717, 1.165) is 31.5 Å². The number of nitrogens with one attached hydrogen (secondary N) is 3. The minimum absolute atomic E-state index is 0.219. The quantitative estimate of drug-likeness (QED) is 0.449. The molecule has 0 saturated heterocycles. The van der Waals surface area contributed by atoms with Crippen LogP contribution in [0, 0.1) is 0 Å². The molecule has 0 fully saturated rings. The topological polar surface area (TPSA) is 104 Å². The van der Waals surface area contributed by atoms with Crippen LogP contribution in [0.25, 0.3) is 0 Å². The molecule has 0 atom stereocenters. The minimum atomic E-state index is -3.60. The molecular formula is C21H31N3O4S2. The SMILES string of the molecule is CC(C)(C)S(=O)(=O)NCCCCCNc1ccc(NS(=O)(=O)c2ccccc2)cc1. The van der Waals surface area contributed by atoms with Gasteiger partial charge in [-0.3, -0.25) is 4.72 Å². The first-order valence-corrected chi connectivity index (χ1v) is 12.9. The van der Waals surface area contributed by atoms with Crippen molar-refractivity contribution in [2.75, 3.05) is 23.1 Å². The highest BCUT2D eigenvalue weighted by atomic mass is 32.2. The van der Waals surface area contributed by atoms with Crippen LogP contribution in [0.5, 0.6) is 0 Å². The van der Waals surface area contributed by atoms with Gasteiger partial charge in [0, 0.05) is 24.5 Å². The number of sulfonamides is 2. The normalized spacial score (nSPS) is 12.5. The largest absolute Gasteiger partial charge is 0.385 e. The molecule has 0 spiro atoms. The van der Waals surface area contributed by atoms with E-state index in [4.69, 9.17) is 0 Å². The van der Waals surface area contributed by atoms with E-state index in [2.05, 4.69) is 14.8 Å². The fourth-order valence-corrected chi connectivity index (χ4v) is 4.48. The minimum Gasteiger partial charge on any atom is -0.385 e. The lowest BCUT2D eigenvalue weighted by Crippen LogP contribution is -2.39. The van der Waals surface area contributed by atoms with Crippen molar-refractivity contribution < 1.29 is 16.8 Å². The highest BCUT2D eigenvalue weighted by Gasteiger charge is 2.27. The van der Waals surface area contributed by atoms with Gasteiger partial charge >= 0.3 is 0 Å². The van der Waals surface area contributed by atoms with Crippen LogP contribution in [0.3, 0.4) is 0 Å². The molecule has 0 heterocycles. The molecule has 0 saturated carbocycles. The summed E-state index contributed by atoms with van der Waals surface area (Å²) in [4.78, 5) is 0.219. The molecule has 0 aliphatic carbocycles. The third-order valence-corrected chi connectivity index (χ3v) is 8.07. The lowest BCUT2D eigenvalue weighted by atomic mass is 10.2. The molecule has 9 heteroatoms. The lowest BCUT2D eigenvalue weighted by molar-refractivity contribution is 0.540. The van der Waals surface area contributed by atoms with E-state index in [1.807, 2.05) is 12.1 Å². The van der Waals surface area contributed by atoms with Crippen LogP contribution in [0.15, 0.2) is 59.5 Å². The van der Waals surface area contributed by atoms with Gasteiger partial charge < -0.3 is 5.32 Å². The first kappa shape index (κ1) is 24.2. The van der Waals surface area contributed by atoms with Gasteiger partial charge in [-0.05, 0) is 70.0 Å². The summed E-state index contributed by atoms with van der Waals surface area (Å²) >= 11 is 0. The van der Waals surface area contributed by atoms with Crippen LogP contribution in [-0.4, -0.2) is 34.7 Å². The molecule has 0 unspecified atom stereocenters. The standard InChI is InChI=1S/C21H31N3O4S2/c1-21(2,3)30(27,28)23-17-9-5-8-16-22-18-12-14-19(15-13-18)24-29(25,26)20-10-6-4-7-11-20/h4,6-7,10-15,22-24H,5,8-9,16-17H2,1-3H3. The van der Waals surface area contributed by atoms with E-state index >= 15 is 0 Å². The van der Waals surface area contributed by atoms with Crippen molar-refractivity contribution in [3.8, 4) is 0 Å². The molecule has 30 heavy (non-hydrogen) atoms. The highest BCUT2D eigenvalue weighted by Crippen LogP contribution is 2.18. The molecule has 0 amide bonds. The molecule has 0 bridgehead atoms. The Morgan fingerprint density at radius 1 is 0.733 bits per heavy atom. The van der Waals surface area contributed by atoms with E-state index < -0.39 is 24.8 Å². The van der Waals surface area contributed by atoms with E-state index in [-0.39, 0.29) is 4.90 Å².